The molecule has 0 amide bonds. The van der Waals surface area contributed by atoms with Crippen LogP contribution < -0.4 is 11.2 Å². The van der Waals surface area contributed by atoms with Crippen molar-refractivity contribution in [2.45, 2.75) is 21.6 Å². The highest BCUT2D eigenvalue weighted by Gasteiger charge is 2.34. The summed E-state index contributed by atoms with van der Waals surface area (Å²) in [5, 5.41) is 10.00. The molecule has 12 heteroatoms. The summed E-state index contributed by atoms with van der Waals surface area (Å²) in [4.78, 5) is 39.5. The van der Waals surface area contributed by atoms with Gasteiger partial charge in [-0.15, -0.1) is 11.8 Å². The number of carbonyl (C=O) groups is 1. The number of aromatic nitrogens is 2. The second kappa shape index (κ2) is 8.43. The number of nitrogens with one attached hydrogen (secondary N) is 1. The Hall–Kier alpha value is -2.53. The number of halogens is 2. The molecule has 0 bridgehead atoms. The molecule has 0 radical (unpaired) electrons. The molecular formula is C20H14Cl2N2O6S2. The Morgan fingerprint density at radius 1 is 1.16 bits per heavy atom. The summed E-state index contributed by atoms with van der Waals surface area (Å²) >= 11 is 13.3. The van der Waals surface area contributed by atoms with Gasteiger partial charge in [0.1, 0.15) is 0 Å². The van der Waals surface area contributed by atoms with Gasteiger partial charge in [0.15, 0.2) is 9.84 Å². The zero-order chi connectivity index (χ0) is 23.2. The first-order valence-corrected chi connectivity index (χ1v) is 12.5. The molecule has 1 aliphatic heterocycles. The minimum absolute atomic E-state index is 0.00795. The standard InChI is InChI=1S/C20H14Cl2N2O6S2/c21-14-5-2-6-15(22)13(14)9-32(29,30)11-4-1-3-10(7-11)24-18(25)16-12(19(26)27)8-31-17(16)23-20(24)28/h1-7,12H,8-9H2,(H,23,28)(H,26,27). The maximum Gasteiger partial charge on any atom is 0.333 e. The highest BCUT2D eigenvalue weighted by atomic mass is 35.5. The number of carboxylic acid groups (broad SMARTS) is 1. The second-order valence-electron chi connectivity index (χ2n) is 6.97. The van der Waals surface area contributed by atoms with Crippen LogP contribution in [0.1, 0.15) is 17.0 Å². The lowest BCUT2D eigenvalue weighted by atomic mass is 10.1. The fourth-order valence-corrected chi connectivity index (χ4v) is 6.71. The van der Waals surface area contributed by atoms with Gasteiger partial charge in [-0.3, -0.25) is 9.59 Å². The van der Waals surface area contributed by atoms with Gasteiger partial charge in [0, 0.05) is 21.4 Å². The SMILES string of the molecule is O=C(O)C1CSc2[nH]c(=O)n(-c3cccc(S(=O)(=O)Cc4c(Cl)cccc4Cl)c3)c(=O)c21. The first kappa shape index (κ1) is 22.7. The zero-order valence-electron chi connectivity index (χ0n) is 16.0. The summed E-state index contributed by atoms with van der Waals surface area (Å²) in [5.41, 5.74) is -1.40. The molecule has 2 heterocycles. The molecule has 1 aromatic heterocycles. The topological polar surface area (TPSA) is 126 Å². The maximum atomic E-state index is 13.0. The van der Waals surface area contributed by atoms with Crippen molar-refractivity contribution in [3.05, 3.63) is 84.5 Å². The van der Waals surface area contributed by atoms with Crippen LogP contribution in [0.3, 0.4) is 0 Å². The summed E-state index contributed by atoms with van der Waals surface area (Å²) in [7, 11) is -3.94. The van der Waals surface area contributed by atoms with Gasteiger partial charge in [-0.2, -0.15) is 0 Å². The molecule has 1 atom stereocenters. The normalized spacial score (nSPS) is 15.5. The quantitative estimate of drug-likeness (QED) is 0.502. The Morgan fingerprint density at radius 3 is 2.47 bits per heavy atom. The van der Waals surface area contributed by atoms with E-state index in [1.54, 1.807) is 6.07 Å². The summed E-state index contributed by atoms with van der Waals surface area (Å²) in [6, 6.07) is 9.93. The number of hydrogen-bond acceptors (Lipinski definition) is 6. The fraction of sp³-hybridized carbons (Fsp3) is 0.150. The van der Waals surface area contributed by atoms with Crippen LogP contribution in [0.25, 0.3) is 5.69 Å². The van der Waals surface area contributed by atoms with E-state index in [4.69, 9.17) is 23.2 Å². The van der Waals surface area contributed by atoms with Crippen molar-refractivity contribution in [2.24, 2.45) is 0 Å². The Morgan fingerprint density at radius 2 is 1.81 bits per heavy atom. The number of H-pyrrole nitrogens is 1. The number of rotatable bonds is 5. The van der Waals surface area contributed by atoms with Crippen LogP contribution >= 0.6 is 35.0 Å². The van der Waals surface area contributed by atoms with E-state index >= 15 is 0 Å². The molecule has 3 aromatic rings. The van der Waals surface area contributed by atoms with Crippen molar-refractivity contribution in [1.82, 2.24) is 9.55 Å². The van der Waals surface area contributed by atoms with Gasteiger partial charge in [-0.05, 0) is 30.3 Å². The first-order chi connectivity index (χ1) is 15.1. The smallest absolute Gasteiger partial charge is 0.333 e. The maximum absolute atomic E-state index is 13.0. The van der Waals surface area contributed by atoms with E-state index in [0.29, 0.717) is 0 Å². The molecule has 1 aliphatic rings. The number of sulfone groups is 1. The number of aromatic amines is 1. The van der Waals surface area contributed by atoms with Crippen molar-refractivity contribution in [3.8, 4) is 5.69 Å². The molecule has 0 saturated carbocycles. The van der Waals surface area contributed by atoms with Gasteiger partial charge < -0.3 is 10.1 Å². The van der Waals surface area contributed by atoms with Gasteiger partial charge in [0.25, 0.3) is 5.56 Å². The molecule has 4 rings (SSSR count). The third kappa shape index (κ3) is 3.99. The summed E-state index contributed by atoms with van der Waals surface area (Å²) in [6.45, 7) is 0. The summed E-state index contributed by atoms with van der Waals surface area (Å²) in [6.07, 6.45) is 0. The second-order valence-corrected chi connectivity index (χ2v) is 10.8. The number of nitrogens with zero attached hydrogens (tertiary/aromatic N) is 1. The molecule has 2 aromatic carbocycles. The third-order valence-corrected chi connectivity index (χ3v) is 8.43. The van der Waals surface area contributed by atoms with Crippen LogP contribution in [0.4, 0.5) is 0 Å². The average molecular weight is 513 g/mol. The van der Waals surface area contributed by atoms with E-state index < -0.39 is 38.7 Å². The van der Waals surface area contributed by atoms with Crippen LogP contribution in [-0.2, 0) is 20.4 Å². The van der Waals surface area contributed by atoms with Gasteiger partial charge in [0.05, 0.1) is 32.8 Å². The Labute approximate surface area is 195 Å². The number of thioether (sulfide) groups is 1. The molecular weight excluding hydrogens is 499 g/mol. The van der Waals surface area contributed by atoms with Crippen molar-refractivity contribution in [1.29, 1.82) is 0 Å². The predicted molar refractivity (Wildman–Crippen MR) is 121 cm³/mol. The molecule has 166 valence electrons. The highest BCUT2D eigenvalue weighted by molar-refractivity contribution is 7.99. The Kier molecular flexibility index (Phi) is 5.97. The van der Waals surface area contributed by atoms with Crippen LogP contribution in [0.15, 0.2) is 62.0 Å². The molecule has 8 nitrogen and oxygen atoms in total. The van der Waals surface area contributed by atoms with Crippen molar-refractivity contribution in [3.63, 3.8) is 0 Å². The van der Waals surface area contributed by atoms with E-state index in [-0.39, 0.29) is 42.5 Å². The van der Waals surface area contributed by atoms with Gasteiger partial charge in [0.2, 0.25) is 0 Å². The number of benzene rings is 2. The summed E-state index contributed by atoms with van der Waals surface area (Å²) < 4.78 is 26.8. The molecule has 1 unspecified atom stereocenters. The van der Waals surface area contributed by atoms with E-state index in [9.17, 15) is 27.9 Å². The predicted octanol–water partition coefficient (Wildman–Crippen LogP) is 3.08. The molecule has 0 saturated heterocycles. The molecule has 2 N–H and O–H groups in total. The minimum Gasteiger partial charge on any atom is -0.481 e. The average Bonchev–Trinajstić information content (AvgIpc) is 3.15. The zero-order valence-corrected chi connectivity index (χ0v) is 19.2. The lowest BCUT2D eigenvalue weighted by molar-refractivity contribution is -0.138. The molecule has 32 heavy (non-hydrogen) atoms. The fourth-order valence-electron chi connectivity index (χ4n) is 3.39. The van der Waals surface area contributed by atoms with E-state index in [1.807, 2.05) is 0 Å². The van der Waals surface area contributed by atoms with Crippen LogP contribution in [0.5, 0.6) is 0 Å². The van der Waals surface area contributed by atoms with E-state index in [2.05, 4.69) is 4.98 Å². The number of carboxylic acids is 1. The van der Waals surface area contributed by atoms with Gasteiger partial charge in [-0.1, -0.05) is 35.3 Å². The van der Waals surface area contributed by atoms with Gasteiger partial charge >= 0.3 is 11.7 Å². The van der Waals surface area contributed by atoms with Crippen LogP contribution in [0.2, 0.25) is 10.0 Å². The highest BCUT2D eigenvalue weighted by Crippen LogP contribution is 2.35. The Balaban J connectivity index is 1.81. The van der Waals surface area contributed by atoms with E-state index in [1.165, 1.54) is 36.4 Å². The lowest BCUT2D eigenvalue weighted by Crippen LogP contribution is -2.37. The van der Waals surface area contributed by atoms with Crippen molar-refractivity contribution >= 4 is 50.8 Å². The molecule has 0 aliphatic carbocycles. The third-order valence-electron chi connectivity index (χ3n) is 4.97. The largest absolute Gasteiger partial charge is 0.481 e. The van der Waals surface area contributed by atoms with Gasteiger partial charge in [-0.25, -0.2) is 17.8 Å². The van der Waals surface area contributed by atoms with Crippen LogP contribution in [0, 0.1) is 0 Å². The molecule has 0 fully saturated rings. The van der Waals surface area contributed by atoms with E-state index in [0.717, 1.165) is 16.3 Å². The van der Waals surface area contributed by atoms with Crippen LogP contribution in [-0.4, -0.2) is 34.8 Å². The monoisotopic (exact) mass is 512 g/mol. The number of fused-ring (bicyclic) bond motifs is 1. The van der Waals surface area contributed by atoms with Crippen molar-refractivity contribution in [2.75, 3.05) is 5.75 Å². The minimum atomic E-state index is -3.94. The first-order valence-electron chi connectivity index (χ1n) is 9.11. The number of aliphatic carboxylic acids is 1. The number of hydrogen-bond donors (Lipinski definition) is 2. The van der Waals surface area contributed by atoms with Crippen molar-refractivity contribution < 1.29 is 18.3 Å². The molecule has 0 spiro atoms. The summed E-state index contributed by atoms with van der Waals surface area (Å²) in [5.74, 6) is -2.62. The Bertz CT molecular complexity index is 1460. The lowest BCUT2D eigenvalue weighted by Gasteiger charge is -2.12.